The van der Waals surface area contributed by atoms with Crippen molar-refractivity contribution in [1.82, 2.24) is 19.9 Å². The molecule has 244 valence electrons. The molecule has 50 heavy (non-hydrogen) atoms. The van der Waals surface area contributed by atoms with Gasteiger partial charge in [0.25, 0.3) is 0 Å². The van der Waals surface area contributed by atoms with Crippen LogP contribution in [0.2, 0.25) is 0 Å². The molecule has 3 aromatic heterocycles. The maximum absolute atomic E-state index is 5.46. The summed E-state index contributed by atoms with van der Waals surface area (Å²) in [5.74, 6) is 1.55. The van der Waals surface area contributed by atoms with Crippen molar-refractivity contribution in [2.45, 2.75) is 0 Å². The number of ether oxygens (including phenoxy) is 2. The minimum atomic E-state index is 0. The Morgan fingerprint density at radius 3 is 1.38 bits per heavy atom. The topological polar surface area (TPSA) is 72.4 Å². The maximum Gasteiger partial charge on any atom is 2.00 e. The van der Waals surface area contributed by atoms with E-state index in [1.54, 1.807) is 14.2 Å². The van der Waals surface area contributed by atoms with Crippen LogP contribution in [0.1, 0.15) is 28.3 Å². The molecule has 6 aromatic rings. The molecule has 0 unspecified atom stereocenters. The standard InChI is InChI=1S/C43H30N4O2.Ni/c1-4-8-32-33-19-21-35(44-33)42(28-11-15-30(48-2)16-12-28)39-25-23-37(46-39)41(27-9-6-5-7-10-27)38-24-26-40(47-38)43(36-22-20-34(32)45-36)29-13-17-31(49-3)18-14-29;/h5-26H,1H2,2-3H3;/q-2;+2. The van der Waals surface area contributed by atoms with E-state index in [4.69, 9.17) is 29.4 Å². The quantitative estimate of drug-likeness (QED) is 0.128. The molecule has 3 aromatic carbocycles. The van der Waals surface area contributed by atoms with Gasteiger partial charge in [-0.15, -0.1) is 27.8 Å². The third kappa shape index (κ3) is 5.90. The van der Waals surface area contributed by atoms with Crippen LogP contribution in [0.25, 0.3) is 85.8 Å². The minimum absolute atomic E-state index is 0. The fourth-order valence-electron chi connectivity index (χ4n) is 6.37. The van der Waals surface area contributed by atoms with Crippen LogP contribution in [0, 0.1) is 0 Å². The van der Waals surface area contributed by atoms with Gasteiger partial charge in [0.15, 0.2) is 0 Å². The molecule has 2 aliphatic heterocycles. The first kappa shape index (κ1) is 32.4. The van der Waals surface area contributed by atoms with Crippen molar-refractivity contribution in [3.63, 3.8) is 0 Å². The van der Waals surface area contributed by atoms with Crippen LogP contribution >= 0.6 is 0 Å². The number of nitrogens with zero attached hydrogens (tertiary/aromatic N) is 4. The Morgan fingerprint density at radius 2 is 0.920 bits per heavy atom. The normalized spacial score (nSPS) is 11.5. The monoisotopic (exact) mass is 692 g/mol. The van der Waals surface area contributed by atoms with Gasteiger partial charge in [-0.3, -0.25) is 0 Å². The first-order chi connectivity index (χ1) is 24.1. The van der Waals surface area contributed by atoms with Crippen LogP contribution in [0.15, 0.2) is 115 Å². The van der Waals surface area contributed by atoms with Crippen LogP contribution in [0.5, 0.6) is 11.5 Å². The smallest absolute Gasteiger partial charge is 0.657 e. The van der Waals surface area contributed by atoms with Gasteiger partial charge >= 0.3 is 16.5 Å². The van der Waals surface area contributed by atoms with Crippen molar-refractivity contribution in [1.29, 1.82) is 0 Å². The molecule has 0 spiro atoms. The molecule has 0 amide bonds. The summed E-state index contributed by atoms with van der Waals surface area (Å²) in [7, 11) is 3.33. The first-order valence-corrected chi connectivity index (χ1v) is 15.9. The number of methoxy groups -OCH3 is 2. The zero-order chi connectivity index (χ0) is 33.3. The van der Waals surface area contributed by atoms with E-state index >= 15 is 0 Å². The average molecular weight is 693 g/mol. The van der Waals surface area contributed by atoms with Crippen molar-refractivity contribution >= 4 is 52.4 Å². The minimum Gasteiger partial charge on any atom is -0.657 e. The van der Waals surface area contributed by atoms with Crippen molar-refractivity contribution in [2.24, 2.45) is 0 Å². The van der Waals surface area contributed by atoms with Crippen LogP contribution < -0.4 is 19.4 Å². The number of rotatable bonds is 6. The molecule has 7 heteroatoms. The van der Waals surface area contributed by atoms with E-state index in [0.717, 1.165) is 95.3 Å². The zero-order valence-corrected chi connectivity index (χ0v) is 28.3. The van der Waals surface area contributed by atoms with Gasteiger partial charge in [0, 0.05) is 0 Å². The molecular formula is C43H30N4NiO2. The summed E-state index contributed by atoms with van der Waals surface area (Å²) in [6.45, 7) is 3.88. The number of hydrogen-bond donors (Lipinski definition) is 0. The summed E-state index contributed by atoms with van der Waals surface area (Å²) in [5.41, 5.74) is 15.8. The molecule has 8 bridgehead atoms. The van der Waals surface area contributed by atoms with E-state index in [1.165, 1.54) is 0 Å². The number of hydrogen-bond acceptors (Lipinski definition) is 4. The van der Waals surface area contributed by atoms with E-state index in [0.29, 0.717) is 0 Å². The molecule has 0 saturated carbocycles. The van der Waals surface area contributed by atoms with Gasteiger partial charge in [-0.25, -0.2) is 9.97 Å². The van der Waals surface area contributed by atoms with Crippen LogP contribution in [-0.4, -0.2) is 24.2 Å². The molecule has 0 atom stereocenters. The second-order valence-corrected chi connectivity index (χ2v) is 11.6. The largest absolute Gasteiger partial charge is 2.00 e. The third-order valence-corrected chi connectivity index (χ3v) is 8.71. The fourth-order valence-corrected chi connectivity index (χ4v) is 6.37. The number of aromatic nitrogens is 4. The Balaban J connectivity index is 0.00000392. The third-order valence-electron chi connectivity index (χ3n) is 8.71. The van der Waals surface area contributed by atoms with Crippen LogP contribution in [0.4, 0.5) is 0 Å². The Labute approximate surface area is 300 Å². The van der Waals surface area contributed by atoms with Gasteiger partial charge in [0.05, 0.1) is 37.0 Å². The van der Waals surface area contributed by atoms with Crippen molar-refractivity contribution in [3.8, 4) is 44.9 Å². The predicted molar refractivity (Wildman–Crippen MR) is 200 cm³/mol. The van der Waals surface area contributed by atoms with Gasteiger partial charge in [0.1, 0.15) is 11.5 Å². The molecule has 0 N–H and O–H groups in total. The van der Waals surface area contributed by atoms with Crippen molar-refractivity contribution < 1.29 is 26.0 Å². The SMILES string of the molecule is C=C=Cc1c2nc(c(-c3ccc(OC)cc3)c3ccc([n-]3)c(-c3ccccc3)c3nc(c(-c4ccc(OC)cc4)c4ccc1[n-]4)C=C3)C=C2.[Ni+2]. The molecule has 6 nitrogen and oxygen atoms in total. The summed E-state index contributed by atoms with van der Waals surface area (Å²) in [6.07, 6.45) is 10.00. The van der Waals surface area contributed by atoms with Crippen LogP contribution in [-0.2, 0) is 16.5 Å². The first-order valence-electron chi connectivity index (χ1n) is 15.9. The van der Waals surface area contributed by atoms with E-state index in [9.17, 15) is 0 Å². The van der Waals surface area contributed by atoms with E-state index in [1.807, 2.05) is 97.1 Å². The molecule has 0 saturated heterocycles. The molecule has 0 radical (unpaired) electrons. The zero-order valence-electron chi connectivity index (χ0n) is 27.3. The fraction of sp³-hybridized carbons (Fsp3) is 0.0465. The van der Waals surface area contributed by atoms with Crippen molar-refractivity contribution in [3.05, 3.63) is 144 Å². The van der Waals surface area contributed by atoms with Gasteiger partial charge in [-0.05, 0) is 93.6 Å². The Morgan fingerprint density at radius 1 is 0.520 bits per heavy atom. The Kier molecular flexibility index (Phi) is 8.93. The molecule has 8 rings (SSSR count). The maximum atomic E-state index is 5.46. The molecule has 0 aliphatic carbocycles. The molecule has 0 fully saturated rings. The molecular weight excluding hydrogens is 663 g/mol. The van der Waals surface area contributed by atoms with E-state index < -0.39 is 0 Å². The summed E-state index contributed by atoms with van der Waals surface area (Å²) >= 11 is 0. The van der Waals surface area contributed by atoms with Gasteiger partial charge in [-0.2, -0.15) is 0 Å². The number of fused-ring (bicyclic) bond motifs is 8. The van der Waals surface area contributed by atoms with Crippen LogP contribution in [0.3, 0.4) is 0 Å². The summed E-state index contributed by atoms with van der Waals surface area (Å²) < 4.78 is 10.9. The van der Waals surface area contributed by atoms with Gasteiger partial charge in [-0.1, -0.05) is 85.4 Å². The molecule has 2 aliphatic rings. The molecule has 5 heterocycles. The predicted octanol–water partition coefficient (Wildman–Crippen LogP) is 9.73. The van der Waals surface area contributed by atoms with Gasteiger partial charge in [0.2, 0.25) is 0 Å². The van der Waals surface area contributed by atoms with Gasteiger partial charge < -0.3 is 19.4 Å². The second-order valence-electron chi connectivity index (χ2n) is 11.6. The Hall–Kier alpha value is -6.13. The van der Waals surface area contributed by atoms with Crippen molar-refractivity contribution in [2.75, 3.05) is 14.2 Å². The summed E-state index contributed by atoms with van der Waals surface area (Å²) in [6, 6.07) is 34.4. The summed E-state index contributed by atoms with van der Waals surface area (Å²) in [4.78, 5) is 20.9. The average Bonchev–Trinajstić information content (AvgIpc) is 3.98. The number of benzene rings is 3. The van der Waals surface area contributed by atoms with E-state index in [-0.39, 0.29) is 16.5 Å². The summed E-state index contributed by atoms with van der Waals surface area (Å²) in [5, 5.41) is 0. The Bertz CT molecular complexity index is 2460. The second kappa shape index (κ2) is 13.8. The van der Waals surface area contributed by atoms with E-state index in [2.05, 4.69) is 48.7 Å².